The standard InChI is InChI=1S/C29H38O5/c1-28(2)13-14-29(3,4)24-19-26(34-16-8-6-7-15-30)22(18-23(24)28)21-17-20(10-12-27(31)32)9-11-25(21)33-5/h9-12,17-19,30H,6-8,13-16H2,1-5H3,(H,31,32). The molecule has 0 saturated heterocycles. The monoisotopic (exact) mass is 466 g/mol. The van der Waals surface area contributed by atoms with Crippen molar-refractivity contribution in [2.24, 2.45) is 0 Å². The van der Waals surface area contributed by atoms with Gasteiger partial charge < -0.3 is 19.7 Å². The molecule has 1 aliphatic rings. The van der Waals surface area contributed by atoms with Crippen LogP contribution in [0.4, 0.5) is 0 Å². The Morgan fingerprint density at radius 2 is 1.59 bits per heavy atom. The number of unbranched alkanes of at least 4 members (excludes halogenated alkanes) is 2. The molecule has 0 aromatic heterocycles. The van der Waals surface area contributed by atoms with Gasteiger partial charge in [0.15, 0.2) is 0 Å². The number of hydrogen-bond acceptors (Lipinski definition) is 4. The lowest BCUT2D eigenvalue weighted by Crippen LogP contribution is -2.34. The summed E-state index contributed by atoms with van der Waals surface area (Å²) in [5.74, 6) is 0.540. The number of methoxy groups -OCH3 is 1. The van der Waals surface area contributed by atoms with Gasteiger partial charge >= 0.3 is 5.97 Å². The van der Waals surface area contributed by atoms with Gasteiger partial charge in [0.2, 0.25) is 0 Å². The first-order valence-electron chi connectivity index (χ1n) is 12.1. The maximum absolute atomic E-state index is 11.0. The smallest absolute Gasteiger partial charge is 0.328 e. The number of ether oxygens (including phenoxy) is 2. The van der Waals surface area contributed by atoms with Gasteiger partial charge in [0, 0.05) is 23.8 Å². The number of rotatable bonds is 10. The molecular weight excluding hydrogens is 428 g/mol. The van der Waals surface area contributed by atoms with Crippen LogP contribution in [0.15, 0.2) is 36.4 Å². The van der Waals surface area contributed by atoms with E-state index in [9.17, 15) is 4.79 Å². The van der Waals surface area contributed by atoms with Crippen LogP contribution in [-0.2, 0) is 15.6 Å². The highest BCUT2D eigenvalue weighted by molar-refractivity contribution is 5.86. The average molecular weight is 467 g/mol. The summed E-state index contributed by atoms with van der Waals surface area (Å²) in [6.45, 7) is 9.94. The van der Waals surface area contributed by atoms with Crippen LogP contribution in [0.1, 0.15) is 76.5 Å². The molecule has 184 valence electrons. The van der Waals surface area contributed by atoms with Gasteiger partial charge in [-0.1, -0.05) is 33.8 Å². The lowest BCUT2D eigenvalue weighted by Gasteiger charge is -2.42. The van der Waals surface area contributed by atoms with E-state index >= 15 is 0 Å². The number of carboxylic acid groups (broad SMARTS) is 1. The van der Waals surface area contributed by atoms with Crippen molar-refractivity contribution in [3.63, 3.8) is 0 Å². The first kappa shape index (κ1) is 25.8. The predicted octanol–water partition coefficient (Wildman–Crippen LogP) is 6.35. The molecule has 5 nitrogen and oxygen atoms in total. The maximum Gasteiger partial charge on any atom is 0.328 e. The van der Waals surface area contributed by atoms with Gasteiger partial charge in [-0.2, -0.15) is 0 Å². The van der Waals surface area contributed by atoms with Gasteiger partial charge in [0.25, 0.3) is 0 Å². The number of carbonyl (C=O) groups is 1. The minimum absolute atomic E-state index is 0.0350. The van der Waals surface area contributed by atoms with Crippen LogP contribution < -0.4 is 9.47 Å². The third kappa shape index (κ3) is 5.82. The van der Waals surface area contributed by atoms with Crippen LogP contribution in [0.25, 0.3) is 17.2 Å². The van der Waals surface area contributed by atoms with Crippen LogP contribution in [0, 0.1) is 0 Å². The summed E-state index contributed by atoms with van der Waals surface area (Å²) in [5, 5.41) is 18.1. The third-order valence-electron chi connectivity index (χ3n) is 6.95. The second-order valence-corrected chi connectivity index (χ2v) is 10.4. The summed E-state index contributed by atoms with van der Waals surface area (Å²) in [4.78, 5) is 11.0. The van der Waals surface area contributed by atoms with E-state index in [4.69, 9.17) is 19.7 Å². The van der Waals surface area contributed by atoms with Crippen molar-refractivity contribution in [2.75, 3.05) is 20.3 Å². The number of carboxylic acids is 1. The fraction of sp³-hybridized carbons (Fsp3) is 0.483. The molecule has 0 saturated carbocycles. The van der Waals surface area contributed by atoms with Gasteiger partial charge in [-0.05, 0) is 90.0 Å². The van der Waals surface area contributed by atoms with Gasteiger partial charge in [-0.3, -0.25) is 0 Å². The molecule has 0 aliphatic heterocycles. The van der Waals surface area contributed by atoms with Gasteiger partial charge in [0.1, 0.15) is 11.5 Å². The van der Waals surface area contributed by atoms with Gasteiger partial charge in [-0.15, -0.1) is 0 Å². The van der Waals surface area contributed by atoms with E-state index < -0.39 is 5.97 Å². The number of aliphatic carboxylic acids is 1. The topological polar surface area (TPSA) is 76.0 Å². The van der Waals surface area contributed by atoms with E-state index in [-0.39, 0.29) is 17.4 Å². The highest BCUT2D eigenvalue weighted by atomic mass is 16.5. The second-order valence-electron chi connectivity index (χ2n) is 10.4. The molecule has 2 N–H and O–H groups in total. The van der Waals surface area contributed by atoms with Gasteiger partial charge in [-0.25, -0.2) is 4.79 Å². The Hall–Kier alpha value is -2.79. The summed E-state index contributed by atoms with van der Waals surface area (Å²) < 4.78 is 12.1. The van der Waals surface area contributed by atoms with Crippen molar-refractivity contribution in [3.8, 4) is 22.6 Å². The molecule has 5 heteroatoms. The first-order valence-corrected chi connectivity index (χ1v) is 12.1. The summed E-state index contributed by atoms with van der Waals surface area (Å²) in [7, 11) is 1.65. The van der Waals surface area contributed by atoms with E-state index in [1.54, 1.807) is 13.2 Å². The highest BCUT2D eigenvalue weighted by Gasteiger charge is 2.38. The lowest BCUT2D eigenvalue weighted by molar-refractivity contribution is -0.131. The molecule has 0 unspecified atom stereocenters. The predicted molar refractivity (Wildman–Crippen MR) is 137 cm³/mol. The SMILES string of the molecule is COc1ccc(C=CC(=O)O)cc1-c1cc2c(cc1OCCCCCO)C(C)(C)CCC2(C)C. The zero-order chi connectivity index (χ0) is 24.9. The quantitative estimate of drug-likeness (QED) is 0.315. The molecule has 0 heterocycles. The minimum Gasteiger partial charge on any atom is -0.496 e. The van der Waals surface area contributed by atoms with E-state index in [1.807, 2.05) is 18.2 Å². The van der Waals surface area contributed by atoms with Gasteiger partial charge in [0.05, 0.1) is 13.7 Å². The molecule has 0 atom stereocenters. The zero-order valence-electron chi connectivity index (χ0n) is 21.1. The average Bonchev–Trinajstić information content (AvgIpc) is 2.80. The fourth-order valence-electron chi connectivity index (χ4n) is 4.70. The summed E-state index contributed by atoms with van der Waals surface area (Å²) >= 11 is 0. The number of aliphatic hydroxyl groups excluding tert-OH is 1. The van der Waals surface area contributed by atoms with Crippen LogP contribution in [-0.4, -0.2) is 36.5 Å². The van der Waals surface area contributed by atoms with Crippen LogP contribution in [0.3, 0.4) is 0 Å². The highest BCUT2D eigenvalue weighted by Crippen LogP contribution is 2.50. The molecule has 2 aromatic rings. The molecule has 3 rings (SSSR count). The Bertz CT molecular complexity index is 1050. The summed E-state index contributed by atoms with van der Waals surface area (Å²) in [5.41, 5.74) is 5.33. The number of aliphatic hydroxyl groups is 1. The molecule has 34 heavy (non-hydrogen) atoms. The van der Waals surface area contributed by atoms with Crippen molar-refractivity contribution in [1.82, 2.24) is 0 Å². The Morgan fingerprint density at radius 3 is 2.21 bits per heavy atom. The van der Waals surface area contributed by atoms with E-state index in [0.29, 0.717) is 12.4 Å². The molecule has 2 aromatic carbocycles. The fourth-order valence-corrected chi connectivity index (χ4v) is 4.70. The number of benzene rings is 2. The Morgan fingerprint density at radius 1 is 0.941 bits per heavy atom. The minimum atomic E-state index is -0.984. The van der Waals surface area contributed by atoms with Crippen molar-refractivity contribution in [1.29, 1.82) is 0 Å². The van der Waals surface area contributed by atoms with Crippen LogP contribution >= 0.6 is 0 Å². The summed E-state index contributed by atoms with van der Waals surface area (Å²) in [6.07, 6.45) is 7.49. The lowest BCUT2D eigenvalue weighted by atomic mass is 9.62. The number of hydrogen-bond donors (Lipinski definition) is 2. The molecule has 0 amide bonds. The number of fused-ring (bicyclic) bond motifs is 1. The molecule has 0 fully saturated rings. The normalized spacial score (nSPS) is 16.3. The molecular formula is C29H38O5. The molecule has 1 aliphatic carbocycles. The van der Waals surface area contributed by atoms with E-state index in [2.05, 4.69) is 39.8 Å². The third-order valence-corrected chi connectivity index (χ3v) is 6.95. The molecule has 0 radical (unpaired) electrons. The van der Waals surface area contributed by atoms with Crippen molar-refractivity contribution >= 4 is 12.0 Å². The van der Waals surface area contributed by atoms with E-state index in [1.165, 1.54) is 11.1 Å². The van der Waals surface area contributed by atoms with Crippen LogP contribution in [0.5, 0.6) is 11.5 Å². The molecule has 0 spiro atoms. The zero-order valence-corrected chi connectivity index (χ0v) is 21.1. The van der Waals surface area contributed by atoms with Crippen molar-refractivity contribution in [2.45, 2.75) is 70.6 Å². The molecule has 0 bridgehead atoms. The van der Waals surface area contributed by atoms with Crippen molar-refractivity contribution < 1.29 is 24.5 Å². The van der Waals surface area contributed by atoms with Crippen molar-refractivity contribution in [3.05, 3.63) is 53.1 Å². The van der Waals surface area contributed by atoms with Crippen LogP contribution in [0.2, 0.25) is 0 Å². The maximum atomic E-state index is 11.0. The van der Waals surface area contributed by atoms with E-state index in [0.717, 1.165) is 60.6 Å². The Labute approximate surface area is 203 Å². The first-order chi connectivity index (χ1) is 16.1. The Balaban J connectivity index is 2.16. The summed E-state index contributed by atoms with van der Waals surface area (Å²) in [6, 6.07) is 10.1. The second kappa shape index (κ2) is 10.6. The largest absolute Gasteiger partial charge is 0.496 e. The Kier molecular flexibility index (Phi) is 8.09.